The SMILES string of the molecule is CCOC(=O)C1=C(N)NC2N=C(N)C(C(=O)OCC)=C3N=C(SC)NC1=C32. The number of aliphatic imine (C=N–C) groups is 2. The standard InChI is InChI=1S/C16H20N6O4S/c1-4-25-14(23)7-9-6-10(20-16(19-9)27-3)8(15(24)26-5-2)12(18)22-13(6)21-11(7)17/h13,21H,4-5,17H2,1-3H3,(H2,18,22)(H,19,20). The lowest BCUT2D eigenvalue weighted by Gasteiger charge is -2.35. The van der Waals surface area contributed by atoms with Gasteiger partial charge < -0.3 is 31.6 Å². The normalized spacial score (nSPS) is 20.9. The Hall–Kier alpha value is -2.95. The van der Waals surface area contributed by atoms with Crippen molar-refractivity contribution in [3.63, 3.8) is 0 Å². The van der Waals surface area contributed by atoms with Crippen LogP contribution in [-0.2, 0) is 19.1 Å². The summed E-state index contributed by atoms with van der Waals surface area (Å²) in [6.45, 7) is 3.75. The first-order valence-electron chi connectivity index (χ1n) is 8.25. The molecular formula is C16H20N6O4S. The molecule has 0 amide bonds. The summed E-state index contributed by atoms with van der Waals surface area (Å²) >= 11 is 1.30. The fourth-order valence-corrected chi connectivity index (χ4v) is 3.29. The van der Waals surface area contributed by atoms with Gasteiger partial charge in [0.1, 0.15) is 22.8 Å². The van der Waals surface area contributed by atoms with Gasteiger partial charge in [-0.05, 0) is 20.1 Å². The molecule has 0 fully saturated rings. The van der Waals surface area contributed by atoms with E-state index in [9.17, 15) is 9.59 Å². The molecule has 144 valence electrons. The van der Waals surface area contributed by atoms with E-state index in [0.717, 1.165) is 0 Å². The highest BCUT2D eigenvalue weighted by molar-refractivity contribution is 8.13. The third kappa shape index (κ3) is 3.14. The van der Waals surface area contributed by atoms with Gasteiger partial charge in [0.05, 0.1) is 24.6 Å². The number of ether oxygens (including phenoxy) is 2. The van der Waals surface area contributed by atoms with Crippen molar-refractivity contribution in [2.45, 2.75) is 20.0 Å². The smallest absolute Gasteiger partial charge is 0.344 e. The van der Waals surface area contributed by atoms with E-state index < -0.39 is 18.1 Å². The molecule has 0 saturated heterocycles. The zero-order valence-corrected chi connectivity index (χ0v) is 15.9. The Bertz CT molecular complexity index is 870. The molecular weight excluding hydrogens is 372 g/mol. The maximum Gasteiger partial charge on any atom is 0.344 e. The van der Waals surface area contributed by atoms with E-state index in [2.05, 4.69) is 20.6 Å². The monoisotopic (exact) mass is 392 g/mol. The highest BCUT2D eigenvalue weighted by Gasteiger charge is 2.42. The van der Waals surface area contributed by atoms with E-state index in [1.54, 1.807) is 20.1 Å². The van der Waals surface area contributed by atoms with E-state index in [1.807, 2.05) is 0 Å². The van der Waals surface area contributed by atoms with Crippen LogP contribution in [0.15, 0.2) is 43.9 Å². The van der Waals surface area contributed by atoms with Gasteiger partial charge in [-0.1, -0.05) is 11.8 Å². The van der Waals surface area contributed by atoms with Crippen molar-refractivity contribution in [1.29, 1.82) is 0 Å². The molecule has 0 spiro atoms. The number of amidine groups is 2. The first kappa shape index (κ1) is 18.8. The Labute approximate surface area is 159 Å². The quantitative estimate of drug-likeness (QED) is 0.460. The second-order valence-corrected chi connectivity index (χ2v) is 6.34. The van der Waals surface area contributed by atoms with Crippen molar-refractivity contribution in [2.24, 2.45) is 21.5 Å². The molecule has 0 bridgehead atoms. The zero-order valence-electron chi connectivity index (χ0n) is 15.1. The van der Waals surface area contributed by atoms with Crippen LogP contribution in [0, 0.1) is 0 Å². The van der Waals surface area contributed by atoms with Gasteiger partial charge in [-0.2, -0.15) is 0 Å². The molecule has 0 aliphatic carbocycles. The number of carbonyl (C=O) groups excluding carboxylic acids is 2. The fourth-order valence-electron chi connectivity index (χ4n) is 2.90. The van der Waals surface area contributed by atoms with Crippen LogP contribution in [0.1, 0.15) is 13.8 Å². The van der Waals surface area contributed by atoms with E-state index in [-0.39, 0.29) is 36.0 Å². The summed E-state index contributed by atoms with van der Waals surface area (Å²) in [6.07, 6.45) is 1.11. The average molecular weight is 392 g/mol. The molecule has 10 nitrogen and oxygen atoms in total. The van der Waals surface area contributed by atoms with Gasteiger partial charge in [0.15, 0.2) is 11.3 Å². The number of nitrogens with zero attached hydrogens (tertiary/aromatic N) is 2. The first-order valence-corrected chi connectivity index (χ1v) is 9.48. The molecule has 0 aromatic carbocycles. The predicted molar refractivity (Wildman–Crippen MR) is 101 cm³/mol. The fraction of sp³-hybridized carbons (Fsp3) is 0.375. The topological polar surface area (TPSA) is 153 Å². The number of carbonyl (C=O) groups is 2. The lowest BCUT2D eigenvalue weighted by Crippen LogP contribution is -2.48. The van der Waals surface area contributed by atoms with Crippen molar-refractivity contribution in [3.05, 3.63) is 33.9 Å². The molecule has 0 radical (unpaired) electrons. The van der Waals surface area contributed by atoms with Gasteiger partial charge in [0, 0.05) is 5.57 Å². The summed E-state index contributed by atoms with van der Waals surface area (Å²) in [5.41, 5.74) is 13.4. The number of hydrogen-bond donors (Lipinski definition) is 4. The number of esters is 2. The Kier molecular flexibility index (Phi) is 5.13. The van der Waals surface area contributed by atoms with Gasteiger partial charge in [0.25, 0.3) is 0 Å². The number of thioether (sulfide) groups is 1. The van der Waals surface area contributed by atoms with Crippen LogP contribution in [0.2, 0.25) is 0 Å². The summed E-state index contributed by atoms with van der Waals surface area (Å²) in [5.74, 6) is -1.15. The largest absolute Gasteiger partial charge is 0.462 e. The lowest BCUT2D eigenvalue weighted by atomic mass is 9.91. The predicted octanol–water partition coefficient (Wildman–Crippen LogP) is -0.587. The molecule has 27 heavy (non-hydrogen) atoms. The van der Waals surface area contributed by atoms with E-state index in [4.69, 9.17) is 20.9 Å². The van der Waals surface area contributed by atoms with Crippen LogP contribution in [-0.4, -0.2) is 48.6 Å². The molecule has 0 saturated carbocycles. The Morgan fingerprint density at radius 3 is 2.37 bits per heavy atom. The van der Waals surface area contributed by atoms with Gasteiger partial charge in [-0.3, -0.25) is 0 Å². The van der Waals surface area contributed by atoms with Gasteiger partial charge in [-0.25, -0.2) is 19.6 Å². The maximum absolute atomic E-state index is 12.5. The van der Waals surface area contributed by atoms with Gasteiger partial charge >= 0.3 is 11.9 Å². The van der Waals surface area contributed by atoms with Crippen molar-refractivity contribution >= 4 is 34.7 Å². The molecule has 3 heterocycles. The Morgan fingerprint density at radius 1 is 1.15 bits per heavy atom. The third-order valence-electron chi connectivity index (χ3n) is 3.97. The van der Waals surface area contributed by atoms with Crippen molar-refractivity contribution in [3.8, 4) is 0 Å². The lowest BCUT2D eigenvalue weighted by molar-refractivity contribution is -0.139. The second kappa shape index (κ2) is 7.35. The average Bonchev–Trinajstić information content (AvgIpc) is 2.61. The highest BCUT2D eigenvalue weighted by Crippen LogP contribution is 2.37. The first-order chi connectivity index (χ1) is 12.9. The Balaban J connectivity index is 2.23. The minimum absolute atomic E-state index is 0.0115. The molecule has 1 unspecified atom stereocenters. The summed E-state index contributed by atoms with van der Waals surface area (Å²) in [6, 6.07) is 0. The molecule has 0 aromatic rings. The van der Waals surface area contributed by atoms with E-state index in [1.165, 1.54) is 11.8 Å². The summed E-state index contributed by atoms with van der Waals surface area (Å²) < 4.78 is 10.2. The summed E-state index contributed by atoms with van der Waals surface area (Å²) in [4.78, 5) is 33.7. The third-order valence-corrected chi connectivity index (χ3v) is 4.55. The number of nitrogens with two attached hydrogens (primary N) is 2. The summed E-state index contributed by atoms with van der Waals surface area (Å²) in [7, 11) is 0. The summed E-state index contributed by atoms with van der Waals surface area (Å²) in [5, 5.41) is 6.47. The molecule has 3 aliphatic rings. The number of hydrogen-bond acceptors (Lipinski definition) is 11. The van der Waals surface area contributed by atoms with Gasteiger partial charge in [0.2, 0.25) is 0 Å². The van der Waals surface area contributed by atoms with Crippen LogP contribution in [0.25, 0.3) is 0 Å². The molecule has 3 aliphatic heterocycles. The van der Waals surface area contributed by atoms with Crippen molar-refractivity contribution < 1.29 is 19.1 Å². The number of dihydropyridines is 2. The highest BCUT2D eigenvalue weighted by atomic mass is 32.2. The van der Waals surface area contributed by atoms with Crippen LogP contribution < -0.4 is 22.1 Å². The minimum atomic E-state index is -0.689. The van der Waals surface area contributed by atoms with E-state index >= 15 is 0 Å². The van der Waals surface area contributed by atoms with Crippen molar-refractivity contribution in [2.75, 3.05) is 19.5 Å². The van der Waals surface area contributed by atoms with Crippen LogP contribution in [0.5, 0.6) is 0 Å². The minimum Gasteiger partial charge on any atom is -0.462 e. The zero-order chi connectivity index (χ0) is 19.7. The number of rotatable bonds is 4. The van der Waals surface area contributed by atoms with Crippen LogP contribution in [0.4, 0.5) is 0 Å². The molecule has 11 heteroatoms. The Morgan fingerprint density at radius 2 is 1.78 bits per heavy atom. The molecule has 6 N–H and O–H groups in total. The second-order valence-electron chi connectivity index (χ2n) is 5.55. The maximum atomic E-state index is 12.5. The molecule has 3 rings (SSSR count). The van der Waals surface area contributed by atoms with E-state index in [0.29, 0.717) is 22.1 Å². The number of nitrogens with one attached hydrogen (secondary N) is 2. The van der Waals surface area contributed by atoms with Crippen LogP contribution in [0.3, 0.4) is 0 Å². The molecule has 1 atom stereocenters. The van der Waals surface area contributed by atoms with Crippen molar-refractivity contribution in [1.82, 2.24) is 10.6 Å². The molecule has 0 aromatic heterocycles. The van der Waals surface area contributed by atoms with Crippen LogP contribution >= 0.6 is 11.8 Å². The van der Waals surface area contributed by atoms with Gasteiger partial charge in [-0.15, -0.1) is 0 Å².